The SMILES string of the molecule is NNC(=O)n1ncc2ccsc21. The Morgan fingerprint density at radius 3 is 3.33 bits per heavy atom. The number of fused-ring (bicyclic) bond motifs is 1. The minimum atomic E-state index is -0.424. The smallest absolute Gasteiger partial charge is 0.274 e. The Morgan fingerprint density at radius 2 is 2.58 bits per heavy atom. The number of nitrogen functional groups attached to an aromatic ring is 1. The molecule has 0 aliphatic heterocycles. The van der Waals surface area contributed by atoms with Gasteiger partial charge in [-0.3, -0.25) is 5.43 Å². The Balaban J connectivity index is 2.61. The molecular weight excluding hydrogens is 176 g/mol. The Bertz CT molecular complexity index is 418. The quantitative estimate of drug-likeness (QED) is 0.354. The molecule has 62 valence electrons. The van der Waals surface area contributed by atoms with E-state index in [0.717, 1.165) is 10.2 Å². The summed E-state index contributed by atoms with van der Waals surface area (Å²) in [5.74, 6) is 4.97. The molecule has 6 heteroatoms. The number of rotatable bonds is 0. The number of hydrazine groups is 1. The van der Waals surface area contributed by atoms with Crippen molar-refractivity contribution in [2.45, 2.75) is 0 Å². The number of hydrogen-bond acceptors (Lipinski definition) is 4. The zero-order valence-corrected chi connectivity index (χ0v) is 6.84. The molecule has 3 N–H and O–H groups in total. The van der Waals surface area contributed by atoms with Crippen LogP contribution in [0.3, 0.4) is 0 Å². The third kappa shape index (κ3) is 0.892. The van der Waals surface area contributed by atoms with E-state index in [1.165, 1.54) is 16.0 Å². The summed E-state index contributed by atoms with van der Waals surface area (Å²) in [5.41, 5.74) is 2.02. The van der Waals surface area contributed by atoms with Gasteiger partial charge in [-0.15, -0.1) is 11.3 Å². The van der Waals surface area contributed by atoms with Crippen LogP contribution in [0.15, 0.2) is 17.6 Å². The van der Waals surface area contributed by atoms with E-state index in [-0.39, 0.29) is 0 Å². The topological polar surface area (TPSA) is 72.9 Å². The predicted octanol–water partition coefficient (Wildman–Crippen LogP) is 0.529. The van der Waals surface area contributed by atoms with E-state index in [9.17, 15) is 4.79 Å². The van der Waals surface area contributed by atoms with Crippen molar-refractivity contribution in [3.8, 4) is 0 Å². The third-order valence-electron chi connectivity index (χ3n) is 1.49. The normalized spacial score (nSPS) is 10.4. The molecule has 0 aliphatic rings. The van der Waals surface area contributed by atoms with E-state index in [1.54, 1.807) is 6.20 Å². The van der Waals surface area contributed by atoms with Crippen molar-refractivity contribution in [2.24, 2.45) is 5.84 Å². The first-order valence-corrected chi connectivity index (χ1v) is 4.13. The van der Waals surface area contributed by atoms with E-state index in [4.69, 9.17) is 5.84 Å². The average molecular weight is 182 g/mol. The lowest BCUT2D eigenvalue weighted by Gasteiger charge is -1.96. The first-order chi connectivity index (χ1) is 5.83. The summed E-state index contributed by atoms with van der Waals surface area (Å²) in [4.78, 5) is 11.9. The third-order valence-corrected chi connectivity index (χ3v) is 2.40. The van der Waals surface area contributed by atoms with Crippen LogP contribution >= 0.6 is 11.3 Å². The van der Waals surface area contributed by atoms with Crippen molar-refractivity contribution in [2.75, 3.05) is 0 Å². The summed E-state index contributed by atoms with van der Waals surface area (Å²) in [6.07, 6.45) is 1.63. The van der Waals surface area contributed by atoms with Crippen LogP contribution in [-0.2, 0) is 0 Å². The lowest BCUT2D eigenvalue weighted by Crippen LogP contribution is -2.34. The molecule has 0 fully saturated rings. The van der Waals surface area contributed by atoms with Gasteiger partial charge < -0.3 is 0 Å². The van der Waals surface area contributed by atoms with Crippen molar-refractivity contribution in [1.29, 1.82) is 0 Å². The predicted molar refractivity (Wildman–Crippen MR) is 45.7 cm³/mol. The summed E-state index contributed by atoms with van der Waals surface area (Å²) in [6, 6.07) is 1.47. The highest BCUT2D eigenvalue weighted by atomic mass is 32.1. The zero-order chi connectivity index (χ0) is 8.55. The van der Waals surface area contributed by atoms with Gasteiger partial charge in [0.2, 0.25) is 0 Å². The minimum Gasteiger partial charge on any atom is -0.274 e. The lowest BCUT2D eigenvalue weighted by atomic mass is 10.5. The molecule has 5 nitrogen and oxygen atoms in total. The van der Waals surface area contributed by atoms with Crippen LogP contribution in [0.4, 0.5) is 4.79 Å². The Kier molecular flexibility index (Phi) is 1.56. The fraction of sp³-hybridized carbons (Fsp3) is 0. The largest absolute Gasteiger partial charge is 0.357 e. The molecule has 0 aromatic carbocycles. The van der Waals surface area contributed by atoms with Gasteiger partial charge in [-0.2, -0.15) is 9.78 Å². The first-order valence-electron chi connectivity index (χ1n) is 3.25. The number of aromatic nitrogens is 2. The van der Waals surface area contributed by atoms with Crippen LogP contribution < -0.4 is 11.3 Å². The van der Waals surface area contributed by atoms with E-state index in [0.29, 0.717) is 0 Å². The van der Waals surface area contributed by atoms with Gasteiger partial charge in [0.05, 0.1) is 6.20 Å². The van der Waals surface area contributed by atoms with Crippen molar-refractivity contribution in [1.82, 2.24) is 15.2 Å². The Hall–Kier alpha value is -1.40. The maximum atomic E-state index is 11.1. The molecule has 0 atom stereocenters. The number of nitrogens with one attached hydrogen (secondary N) is 1. The van der Waals surface area contributed by atoms with E-state index >= 15 is 0 Å². The molecule has 0 unspecified atom stereocenters. The number of hydrogen-bond donors (Lipinski definition) is 2. The number of thiophene rings is 1. The summed E-state index contributed by atoms with van der Waals surface area (Å²) in [5, 5.41) is 6.70. The maximum absolute atomic E-state index is 11.1. The van der Waals surface area contributed by atoms with E-state index < -0.39 is 6.03 Å². The zero-order valence-electron chi connectivity index (χ0n) is 6.02. The summed E-state index contributed by atoms with van der Waals surface area (Å²) >= 11 is 1.45. The second-order valence-corrected chi connectivity index (χ2v) is 3.08. The van der Waals surface area contributed by atoms with Gasteiger partial charge in [0.15, 0.2) is 0 Å². The Morgan fingerprint density at radius 1 is 1.75 bits per heavy atom. The van der Waals surface area contributed by atoms with Gasteiger partial charge in [0.1, 0.15) is 4.83 Å². The van der Waals surface area contributed by atoms with E-state index in [1.807, 2.05) is 16.9 Å². The number of amides is 1. The first kappa shape index (κ1) is 7.26. The molecule has 1 amide bonds. The van der Waals surface area contributed by atoms with Crippen molar-refractivity contribution in [3.63, 3.8) is 0 Å². The van der Waals surface area contributed by atoms with Crippen LogP contribution in [0.5, 0.6) is 0 Å². The number of carbonyl (C=O) groups is 1. The molecule has 2 heterocycles. The fourth-order valence-electron chi connectivity index (χ4n) is 0.960. The van der Waals surface area contributed by atoms with Crippen molar-refractivity contribution < 1.29 is 4.79 Å². The Labute approximate surface area is 71.7 Å². The maximum Gasteiger partial charge on any atom is 0.357 e. The molecule has 0 bridgehead atoms. The summed E-state index contributed by atoms with van der Waals surface area (Å²) in [7, 11) is 0. The molecule has 12 heavy (non-hydrogen) atoms. The lowest BCUT2D eigenvalue weighted by molar-refractivity contribution is 0.241. The average Bonchev–Trinajstić information content (AvgIpc) is 2.62. The summed E-state index contributed by atoms with van der Waals surface area (Å²) in [6.45, 7) is 0. The molecule has 0 saturated carbocycles. The van der Waals surface area contributed by atoms with Gasteiger partial charge in [-0.1, -0.05) is 0 Å². The van der Waals surface area contributed by atoms with Crippen LogP contribution in [0.1, 0.15) is 0 Å². The number of nitrogens with two attached hydrogens (primary N) is 1. The van der Waals surface area contributed by atoms with Gasteiger partial charge in [0, 0.05) is 5.39 Å². The van der Waals surface area contributed by atoms with E-state index in [2.05, 4.69) is 5.10 Å². The number of nitrogens with zero attached hydrogens (tertiary/aromatic N) is 2. The molecule has 2 aromatic heterocycles. The van der Waals surface area contributed by atoms with Gasteiger partial charge >= 0.3 is 6.03 Å². The molecule has 2 rings (SSSR count). The highest BCUT2D eigenvalue weighted by Crippen LogP contribution is 2.19. The number of carbonyl (C=O) groups excluding carboxylic acids is 1. The highest BCUT2D eigenvalue weighted by molar-refractivity contribution is 7.16. The second kappa shape index (κ2) is 2.58. The van der Waals surface area contributed by atoms with Crippen LogP contribution in [0.25, 0.3) is 10.2 Å². The van der Waals surface area contributed by atoms with Crippen LogP contribution in [0, 0.1) is 0 Å². The monoisotopic (exact) mass is 182 g/mol. The van der Waals surface area contributed by atoms with Crippen LogP contribution in [0.2, 0.25) is 0 Å². The molecule has 2 aromatic rings. The highest BCUT2D eigenvalue weighted by Gasteiger charge is 2.08. The molecule has 0 spiro atoms. The second-order valence-electron chi connectivity index (χ2n) is 2.19. The fourth-order valence-corrected chi connectivity index (χ4v) is 1.79. The van der Waals surface area contributed by atoms with Crippen molar-refractivity contribution in [3.05, 3.63) is 17.6 Å². The van der Waals surface area contributed by atoms with Crippen molar-refractivity contribution >= 4 is 27.6 Å². The minimum absolute atomic E-state index is 0.424. The molecule has 0 aliphatic carbocycles. The molecule has 0 saturated heterocycles. The van der Waals surface area contributed by atoms with Crippen LogP contribution in [-0.4, -0.2) is 15.8 Å². The van der Waals surface area contributed by atoms with Gasteiger partial charge in [-0.25, -0.2) is 10.6 Å². The van der Waals surface area contributed by atoms with Gasteiger partial charge in [-0.05, 0) is 11.4 Å². The molecular formula is C6H6N4OS. The standard InChI is InChI=1S/C6H6N4OS/c7-9-6(11)10-5-4(3-8-10)1-2-12-5/h1-3H,7H2,(H,9,11). The van der Waals surface area contributed by atoms with Gasteiger partial charge in [0.25, 0.3) is 0 Å². The summed E-state index contributed by atoms with van der Waals surface area (Å²) < 4.78 is 1.24. The molecule has 0 radical (unpaired) electrons.